The Labute approximate surface area is 217 Å². The average molecular weight is 562 g/mol. The predicted molar refractivity (Wildman–Crippen MR) is 135 cm³/mol. The highest BCUT2D eigenvalue weighted by atomic mass is 79.9. The minimum atomic E-state index is -0.465. The van der Waals surface area contributed by atoms with Gasteiger partial charge in [0, 0.05) is 20.0 Å². The number of hydrogen-bond donors (Lipinski definition) is 2. The fourth-order valence-corrected chi connectivity index (χ4v) is 7.72. The van der Waals surface area contributed by atoms with Gasteiger partial charge in [0.25, 0.3) is 5.91 Å². The van der Waals surface area contributed by atoms with E-state index in [-0.39, 0.29) is 28.6 Å². The fraction of sp³-hybridized carbons (Fsp3) is 0.667. The molecule has 4 aliphatic rings. The molecule has 2 aromatic rings. The molecule has 2 N–H and O–H groups in total. The van der Waals surface area contributed by atoms with Crippen LogP contribution in [0.15, 0.2) is 16.9 Å². The number of nitrogens with one attached hydrogen (secondary N) is 2. The van der Waals surface area contributed by atoms with Crippen LogP contribution in [0.25, 0.3) is 0 Å². The van der Waals surface area contributed by atoms with Gasteiger partial charge in [-0.1, -0.05) is 13.8 Å². The van der Waals surface area contributed by atoms with Gasteiger partial charge < -0.3 is 20.7 Å². The summed E-state index contributed by atoms with van der Waals surface area (Å²) >= 11 is 3.30. The van der Waals surface area contributed by atoms with Gasteiger partial charge in [-0.15, -0.1) is 0 Å². The van der Waals surface area contributed by atoms with Crippen molar-refractivity contribution in [3.8, 4) is 0 Å². The lowest BCUT2D eigenvalue weighted by molar-refractivity contribution is -0.390. The van der Waals surface area contributed by atoms with Crippen LogP contribution in [0, 0.1) is 33.3 Å². The van der Waals surface area contributed by atoms with E-state index in [9.17, 15) is 19.7 Å². The van der Waals surface area contributed by atoms with Gasteiger partial charge in [-0.2, -0.15) is 9.78 Å². The molecule has 0 radical (unpaired) electrons. The van der Waals surface area contributed by atoms with Crippen molar-refractivity contribution in [2.24, 2.45) is 30.2 Å². The zero-order valence-corrected chi connectivity index (χ0v) is 22.4. The Morgan fingerprint density at radius 1 is 1.28 bits per heavy atom. The first kappa shape index (κ1) is 24.9. The Bertz CT molecular complexity index is 1210. The smallest absolute Gasteiger partial charge is 0.358 e. The number of hydrogen-bond acceptors (Lipinski definition) is 6. The summed E-state index contributed by atoms with van der Waals surface area (Å²) in [4.78, 5) is 37.0. The molecule has 0 aliphatic heterocycles. The summed E-state index contributed by atoms with van der Waals surface area (Å²) in [6, 6.07) is 0. The standard InChI is InChI=1S/C24H32BrN7O4/c1-14(2)10-26-22(34)20-18(11-27-30(20)3)28-19(33)9-23-5-15-4-16(6-23)8-24(7-15,13-23)31-12-17(25)21(29-31)32(35)36/h11-12,14-16H,4-10,13H2,1-3H3,(H,26,34)(H,28,33). The molecule has 6 rings (SSSR count). The quantitative estimate of drug-likeness (QED) is 0.369. The molecule has 2 unspecified atom stereocenters. The zero-order valence-electron chi connectivity index (χ0n) is 20.8. The van der Waals surface area contributed by atoms with E-state index in [1.54, 1.807) is 17.9 Å². The van der Waals surface area contributed by atoms with Crippen LogP contribution in [-0.4, -0.2) is 42.8 Å². The topological polar surface area (TPSA) is 137 Å². The largest absolute Gasteiger partial charge is 0.404 e. The molecule has 12 heteroatoms. The third kappa shape index (κ3) is 4.44. The van der Waals surface area contributed by atoms with Crippen LogP contribution in [0.3, 0.4) is 0 Å². The van der Waals surface area contributed by atoms with Crippen LogP contribution >= 0.6 is 15.9 Å². The molecule has 4 bridgehead atoms. The van der Waals surface area contributed by atoms with E-state index >= 15 is 0 Å². The SMILES string of the molecule is CC(C)CNC(=O)c1c(NC(=O)CC23CC4CC(C2)CC(n2cc(Br)c([N+](=O)[O-])n2)(C4)C3)cnn1C. The summed E-state index contributed by atoms with van der Waals surface area (Å²) in [5.41, 5.74) is 0.246. The molecule has 2 atom stereocenters. The summed E-state index contributed by atoms with van der Waals surface area (Å²) in [5.74, 6) is 0.677. The summed E-state index contributed by atoms with van der Waals surface area (Å²) in [7, 11) is 1.68. The van der Waals surface area contributed by atoms with E-state index in [2.05, 4.69) is 36.8 Å². The van der Waals surface area contributed by atoms with Crippen molar-refractivity contribution < 1.29 is 14.5 Å². The van der Waals surface area contributed by atoms with Crippen molar-refractivity contribution in [3.05, 3.63) is 32.7 Å². The van der Waals surface area contributed by atoms with Gasteiger partial charge in [-0.3, -0.25) is 14.3 Å². The lowest BCUT2D eigenvalue weighted by Gasteiger charge is -2.61. The molecule has 4 aliphatic carbocycles. The van der Waals surface area contributed by atoms with Crippen LogP contribution in [0.1, 0.15) is 69.3 Å². The van der Waals surface area contributed by atoms with Gasteiger partial charge in [0.05, 0.1) is 28.7 Å². The lowest BCUT2D eigenvalue weighted by Crippen LogP contribution is -2.57. The van der Waals surface area contributed by atoms with E-state index < -0.39 is 4.92 Å². The van der Waals surface area contributed by atoms with Crippen molar-refractivity contribution in [2.45, 2.75) is 64.3 Å². The first-order valence-corrected chi connectivity index (χ1v) is 13.3. The number of carbonyl (C=O) groups is 2. The molecule has 0 spiro atoms. The number of nitrogens with zero attached hydrogens (tertiary/aromatic N) is 5. The average Bonchev–Trinajstić information content (AvgIpc) is 3.33. The normalized spacial score (nSPS) is 28.5. The number of halogens is 1. The molecule has 2 aromatic heterocycles. The summed E-state index contributed by atoms with van der Waals surface area (Å²) in [5, 5.41) is 25.8. The molecular weight excluding hydrogens is 530 g/mol. The van der Waals surface area contributed by atoms with E-state index in [4.69, 9.17) is 0 Å². The summed E-state index contributed by atoms with van der Waals surface area (Å²) in [6.45, 7) is 4.57. The van der Waals surface area contributed by atoms with Crippen molar-refractivity contribution in [1.29, 1.82) is 0 Å². The number of rotatable bonds is 8. The zero-order chi connectivity index (χ0) is 25.8. The second-order valence-corrected chi connectivity index (χ2v) is 12.4. The Balaban J connectivity index is 1.35. The van der Waals surface area contributed by atoms with Gasteiger partial charge in [-0.25, -0.2) is 0 Å². The maximum atomic E-state index is 13.3. The highest BCUT2D eigenvalue weighted by Gasteiger charge is 2.60. The first-order valence-electron chi connectivity index (χ1n) is 12.5. The van der Waals surface area contributed by atoms with Crippen molar-refractivity contribution in [2.75, 3.05) is 11.9 Å². The van der Waals surface area contributed by atoms with Crippen molar-refractivity contribution in [3.63, 3.8) is 0 Å². The molecule has 0 aromatic carbocycles. The minimum Gasteiger partial charge on any atom is -0.358 e. The van der Waals surface area contributed by atoms with Crippen LogP contribution < -0.4 is 10.6 Å². The Morgan fingerprint density at radius 2 is 1.97 bits per heavy atom. The summed E-state index contributed by atoms with van der Waals surface area (Å²) in [6.07, 6.45) is 9.30. The van der Waals surface area contributed by atoms with Crippen LogP contribution in [0.4, 0.5) is 11.5 Å². The molecule has 0 saturated heterocycles. The maximum Gasteiger partial charge on any atom is 0.404 e. The summed E-state index contributed by atoms with van der Waals surface area (Å²) < 4.78 is 3.67. The van der Waals surface area contributed by atoms with Gasteiger partial charge >= 0.3 is 5.82 Å². The number of nitro groups is 1. The van der Waals surface area contributed by atoms with E-state index in [0.29, 0.717) is 46.6 Å². The minimum absolute atomic E-state index is 0.134. The monoisotopic (exact) mass is 561 g/mol. The van der Waals surface area contributed by atoms with Crippen molar-refractivity contribution >= 4 is 39.2 Å². The van der Waals surface area contributed by atoms with Crippen LogP contribution in [0.2, 0.25) is 0 Å². The van der Waals surface area contributed by atoms with E-state index in [0.717, 1.165) is 38.5 Å². The molecule has 36 heavy (non-hydrogen) atoms. The fourth-order valence-electron chi connectivity index (χ4n) is 7.30. The molecule has 2 amide bonds. The molecular formula is C24H32BrN7O4. The number of amides is 2. The highest BCUT2D eigenvalue weighted by Crippen LogP contribution is 2.65. The third-order valence-electron chi connectivity index (χ3n) is 8.10. The number of aromatic nitrogens is 4. The van der Waals surface area contributed by atoms with Crippen LogP contribution in [0.5, 0.6) is 0 Å². The van der Waals surface area contributed by atoms with E-state index in [1.807, 2.05) is 13.8 Å². The molecule has 4 fully saturated rings. The molecule has 11 nitrogen and oxygen atoms in total. The van der Waals surface area contributed by atoms with Gasteiger partial charge in [0.15, 0.2) is 0 Å². The lowest BCUT2D eigenvalue weighted by atomic mass is 9.46. The number of carbonyl (C=O) groups excluding carboxylic acids is 2. The number of aryl methyl sites for hydroxylation is 1. The predicted octanol–water partition coefficient (Wildman–Crippen LogP) is 4.00. The Morgan fingerprint density at radius 3 is 2.58 bits per heavy atom. The maximum absolute atomic E-state index is 13.3. The van der Waals surface area contributed by atoms with Crippen LogP contribution in [-0.2, 0) is 17.4 Å². The molecule has 4 saturated carbocycles. The van der Waals surface area contributed by atoms with Crippen molar-refractivity contribution in [1.82, 2.24) is 24.9 Å². The molecule has 2 heterocycles. The second-order valence-electron chi connectivity index (χ2n) is 11.5. The first-order chi connectivity index (χ1) is 17.0. The third-order valence-corrected chi connectivity index (χ3v) is 8.66. The highest BCUT2D eigenvalue weighted by molar-refractivity contribution is 9.10. The molecule has 194 valence electrons. The van der Waals surface area contributed by atoms with Gasteiger partial charge in [0.2, 0.25) is 5.91 Å². The number of anilines is 1. The Hall–Kier alpha value is -2.76. The second kappa shape index (κ2) is 8.97. The van der Waals surface area contributed by atoms with Gasteiger partial charge in [0.1, 0.15) is 10.2 Å². The Kier molecular flexibility index (Phi) is 6.20. The van der Waals surface area contributed by atoms with E-state index in [1.165, 1.54) is 10.9 Å². The van der Waals surface area contributed by atoms with Gasteiger partial charge in [-0.05, 0) is 82.5 Å².